The van der Waals surface area contributed by atoms with E-state index >= 15 is 0 Å². The standard InChI is InChI=1S/C21H19FN2O2/c22-17-5-7-18(8-6-17)23-9-11-24(12-10-23)21(26)19-13-15-3-1-2-4-16(15)14-20(19)25/h1-8,13-14,25H,9-12H2. The van der Waals surface area contributed by atoms with Crippen LogP contribution in [0.4, 0.5) is 10.1 Å². The van der Waals surface area contributed by atoms with Crippen LogP contribution in [0, 0.1) is 5.82 Å². The first-order chi connectivity index (χ1) is 12.6. The lowest BCUT2D eigenvalue weighted by atomic mass is 10.0. The minimum atomic E-state index is -0.255. The lowest BCUT2D eigenvalue weighted by Gasteiger charge is -2.36. The normalized spacial score (nSPS) is 14.7. The highest BCUT2D eigenvalue weighted by Gasteiger charge is 2.24. The fourth-order valence-corrected chi connectivity index (χ4v) is 3.39. The number of phenols is 1. The Balaban J connectivity index is 1.50. The van der Waals surface area contributed by atoms with Gasteiger partial charge in [-0.15, -0.1) is 0 Å². The zero-order valence-electron chi connectivity index (χ0n) is 14.2. The second-order valence-electron chi connectivity index (χ2n) is 6.47. The Labute approximate surface area is 151 Å². The first kappa shape index (κ1) is 16.4. The molecule has 1 aliphatic rings. The highest BCUT2D eigenvalue weighted by molar-refractivity contribution is 6.01. The van der Waals surface area contributed by atoms with Gasteiger partial charge < -0.3 is 14.9 Å². The molecular weight excluding hydrogens is 331 g/mol. The van der Waals surface area contributed by atoms with Crippen LogP contribution in [0.5, 0.6) is 5.75 Å². The smallest absolute Gasteiger partial charge is 0.257 e. The lowest BCUT2D eigenvalue weighted by molar-refractivity contribution is 0.0744. The Hall–Kier alpha value is -3.08. The van der Waals surface area contributed by atoms with Crippen LogP contribution in [0.2, 0.25) is 0 Å². The molecule has 4 rings (SSSR count). The third-order valence-corrected chi connectivity index (χ3v) is 4.85. The van der Waals surface area contributed by atoms with E-state index in [0.29, 0.717) is 31.7 Å². The van der Waals surface area contributed by atoms with E-state index in [0.717, 1.165) is 16.5 Å². The molecule has 5 heteroatoms. The second kappa shape index (κ2) is 6.67. The minimum absolute atomic E-state index is 0.00895. The molecule has 0 bridgehead atoms. The number of amides is 1. The zero-order chi connectivity index (χ0) is 18.1. The van der Waals surface area contributed by atoms with Crippen molar-refractivity contribution < 1.29 is 14.3 Å². The summed E-state index contributed by atoms with van der Waals surface area (Å²) >= 11 is 0. The number of hydrogen-bond donors (Lipinski definition) is 1. The number of carbonyl (C=O) groups is 1. The molecule has 3 aromatic rings. The quantitative estimate of drug-likeness (QED) is 0.767. The Kier molecular flexibility index (Phi) is 4.21. The van der Waals surface area contributed by atoms with E-state index in [-0.39, 0.29) is 17.5 Å². The topological polar surface area (TPSA) is 43.8 Å². The Bertz CT molecular complexity index is 948. The second-order valence-corrected chi connectivity index (χ2v) is 6.47. The van der Waals surface area contributed by atoms with E-state index < -0.39 is 0 Å². The third-order valence-electron chi connectivity index (χ3n) is 4.85. The molecule has 0 unspecified atom stereocenters. The van der Waals surface area contributed by atoms with E-state index in [2.05, 4.69) is 4.90 Å². The van der Waals surface area contributed by atoms with Gasteiger partial charge in [0.2, 0.25) is 0 Å². The molecule has 1 aliphatic heterocycles. The third kappa shape index (κ3) is 3.08. The van der Waals surface area contributed by atoms with Gasteiger partial charge in [0, 0.05) is 31.9 Å². The molecule has 4 nitrogen and oxygen atoms in total. The van der Waals surface area contributed by atoms with Crippen molar-refractivity contribution in [2.24, 2.45) is 0 Å². The van der Waals surface area contributed by atoms with E-state index in [1.54, 1.807) is 29.2 Å². The summed E-state index contributed by atoms with van der Waals surface area (Å²) in [5, 5.41) is 12.1. The Morgan fingerprint density at radius 1 is 0.885 bits per heavy atom. The van der Waals surface area contributed by atoms with E-state index in [1.807, 2.05) is 24.3 Å². The summed E-state index contributed by atoms with van der Waals surface area (Å²) in [5.41, 5.74) is 1.28. The van der Waals surface area contributed by atoms with E-state index in [9.17, 15) is 14.3 Å². The number of carbonyl (C=O) groups excluding carboxylic acids is 1. The highest BCUT2D eigenvalue weighted by Crippen LogP contribution is 2.27. The molecule has 132 valence electrons. The van der Waals surface area contributed by atoms with Gasteiger partial charge >= 0.3 is 0 Å². The molecule has 0 aliphatic carbocycles. The van der Waals surface area contributed by atoms with Crippen LogP contribution in [-0.4, -0.2) is 42.1 Å². The van der Waals surface area contributed by atoms with Gasteiger partial charge in [-0.25, -0.2) is 4.39 Å². The van der Waals surface area contributed by atoms with Gasteiger partial charge in [-0.2, -0.15) is 0 Å². The Morgan fingerprint density at radius 3 is 2.15 bits per heavy atom. The van der Waals surface area contributed by atoms with Crippen LogP contribution in [0.25, 0.3) is 10.8 Å². The van der Waals surface area contributed by atoms with Crippen molar-refractivity contribution in [2.45, 2.75) is 0 Å². The average molecular weight is 350 g/mol. The summed E-state index contributed by atoms with van der Waals surface area (Å²) in [4.78, 5) is 16.7. The number of hydrogen-bond acceptors (Lipinski definition) is 3. The SMILES string of the molecule is O=C(c1cc2ccccc2cc1O)N1CCN(c2ccc(F)cc2)CC1. The molecule has 0 atom stereocenters. The number of nitrogens with zero attached hydrogens (tertiary/aromatic N) is 2. The maximum Gasteiger partial charge on any atom is 0.257 e. The van der Waals surface area contributed by atoms with Crippen molar-refractivity contribution in [1.29, 1.82) is 0 Å². The number of halogens is 1. The predicted octanol–water partition coefficient (Wildman–Crippen LogP) is 3.65. The van der Waals surface area contributed by atoms with Gasteiger partial charge in [-0.05, 0) is 47.2 Å². The van der Waals surface area contributed by atoms with Crippen molar-refractivity contribution in [1.82, 2.24) is 4.90 Å². The van der Waals surface area contributed by atoms with Gasteiger partial charge in [-0.1, -0.05) is 24.3 Å². The summed E-state index contributed by atoms with van der Waals surface area (Å²) in [7, 11) is 0. The van der Waals surface area contributed by atoms with Crippen LogP contribution >= 0.6 is 0 Å². The fourth-order valence-electron chi connectivity index (χ4n) is 3.39. The van der Waals surface area contributed by atoms with Crippen LogP contribution in [-0.2, 0) is 0 Å². The van der Waals surface area contributed by atoms with Crippen molar-refractivity contribution >= 4 is 22.4 Å². The monoisotopic (exact) mass is 350 g/mol. The van der Waals surface area contributed by atoms with Gasteiger partial charge in [0.15, 0.2) is 0 Å². The maximum atomic E-state index is 13.1. The van der Waals surface area contributed by atoms with Crippen molar-refractivity contribution in [3.63, 3.8) is 0 Å². The van der Waals surface area contributed by atoms with Gasteiger partial charge in [0.1, 0.15) is 11.6 Å². The molecule has 1 fully saturated rings. The summed E-state index contributed by atoms with van der Waals surface area (Å²) < 4.78 is 13.1. The number of aromatic hydroxyl groups is 1. The summed E-state index contributed by atoms with van der Waals surface area (Å²) in [5.74, 6) is -0.406. The molecule has 1 amide bonds. The molecule has 0 aromatic heterocycles. The van der Waals surface area contributed by atoms with Crippen molar-refractivity contribution in [2.75, 3.05) is 31.1 Å². The fraction of sp³-hybridized carbons (Fsp3) is 0.190. The number of anilines is 1. The highest BCUT2D eigenvalue weighted by atomic mass is 19.1. The molecule has 0 spiro atoms. The van der Waals surface area contributed by atoms with Crippen LogP contribution in [0.15, 0.2) is 60.7 Å². The number of rotatable bonds is 2. The van der Waals surface area contributed by atoms with Gasteiger partial charge in [0.05, 0.1) is 5.56 Å². The number of fused-ring (bicyclic) bond motifs is 1. The minimum Gasteiger partial charge on any atom is -0.507 e. The van der Waals surface area contributed by atoms with Gasteiger partial charge in [0.25, 0.3) is 5.91 Å². The number of phenolic OH excluding ortho intramolecular Hbond substituents is 1. The molecule has 1 N–H and O–H groups in total. The summed E-state index contributed by atoms with van der Waals surface area (Å²) in [6.07, 6.45) is 0. The van der Waals surface area contributed by atoms with Crippen molar-refractivity contribution in [3.8, 4) is 5.75 Å². The van der Waals surface area contributed by atoms with Gasteiger partial charge in [-0.3, -0.25) is 4.79 Å². The molecule has 1 heterocycles. The zero-order valence-corrected chi connectivity index (χ0v) is 14.2. The van der Waals surface area contributed by atoms with E-state index in [1.165, 1.54) is 12.1 Å². The van der Waals surface area contributed by atoms with Crippen LogP contribution < -0.4 is 4.90 Å². The molecule has 1 saturated heterocycles. The first-order valence-corrected chi connectivity index (χ1v) is 8.63. The summed E-state index contributed by atoms with van der Waals surface area (Å²) in [6.45, 7) is 2.46. The molecular formula is C21H19FN2O2. The molecule has 0 saturated carbocycles. The van der Waals surface area contributed by atoms with Crippen molar-refractivity contribution in [3.05, 3.63) is 72.0 Å². The maximum absolute atomic E-state index is 13.1. The number of piperazine rings is 1. The van der Waals surface area contributed by atoms with E-state index in [4.69, 9.17) is 0 Å². The average Bonchev–Trinajstić information content (AvgIpc) is 2.68. The molecule has 3 aromatic carbocycles. The lowest BCUT2D eigenvalue weighted by Crippen LogP contribution is -2.48. The van der Waals surface area contributed by atoms with Crippen LogP contribution in [0.3, 0.4) is 0 Å². The molecule has 0 radical (unpaired) electrons. The number of benzene rings is 3. The van der Waals surface area contributed by atoms with Crippen LogP contribution in [0.1, 0.15) is 10.4 Å². The summed E-state index contributed by atoms with van der Waals surface area (Å²) in [6, 6.07) is 17.4. The Morgan fingerprint density at radius 2 is 1.50 bits per heavy atom. The first-order valence-electron chi connectivity index (χ1n) is 8.63. The molecule has 26 heavy (non-hydrogen) atoms. The largest absolute Gasteiger partial charge is 0.507 e. The predicted molar refractivity (Wildman–Crippen MR) is 100 cm³/mol.